The third-order valence-electron chi connectivity index (χ3n) is 3.72. The largest absolute Gasteiger partial charge is 0.373 e. The number of aromatic nitrogens is 2. The van der Waals surface area contributed by atoms with E-state index in [1.807, 2.05) is 7.05 Å². The van der Waals surface area contributed by atoms with Crippen LogP contribution >= 0.6 is 0 Å². The molecule has 2 rings (SSSR count). The van der Waals surface area contributed by atoms with Gasteiger partial charge in [0.05, 0.1) is 0 Å². The van der Waals surface area contributed by atoms with Crippen LogP contribution in [0.15, 0.2) is 0 Å². The fraction of sp³-hybridized carbons (Fsp3) is 0.733. The van der Waals surface area contributed by atoms with Gasteiger partial charge in [-0.2, -0.15) is 0 Å². The molecule has 0 aliphatic heterocycles. The van der Waals surface area contributed by atoms with Crippen molar-refractivity contribution in [1.82, 2.24) is 9.97 Å². The van der Waals surface area contributed by atoms with Crippen LogP contribution in [0.3, 0.4) is 0 Å². The molecule has 1 fully saturated rings. The number of nitrogens with one attached hydrogen (secondary N) is 1. The highest BCUT2D eigenvalue weighted by Gasteiger charge is 2.28. The summed E-state index contributed by atoms with van der Waals surface area (Å²) in [4.78, 5) is 11.7. The molecule has 0 spiro atoms. The molecule has 1 aromatic rings. The first-order valence-corrected chi connectivity index (χ1v) is 7.30. The van der Waals surface area contributed by atoms with Crippen LogP contribution < -0.4 is 10.2 Å². The van der Waals surface area contributed by atoms with Gasteiger partial charge in [-0.25, -0.2) is 9.97 Å². The fourth-order valence-corrected chi connectivity index (χ4v) is 2.22. The smallest absolute Gasteiger partial charge is 0.137 e. The Morgan fingerprint density at radius 2 is 2.00 bits per heavy atom. The molecule has 0 atom stereocenters. The van der Waals surface area contributed by atoms with Gasteiger partial charge in [0.25, 0.3) is 0 Å². The maximum absolute atomic E-state index is 4.80. The second-order valence-corrected chi connectivity index (χ2v) is 6.01. The van der Waals surface area contributed by atoms with Crippen molar-refractivity contribution in [2.45, 2.75) is 46.0 Å². The average Bonchev–Trinajstić information content (AvgIpc) is 3.20. The van der Waals surface area contributed by atoms with Gasteiger partial charge in [-0.3, -0.25) is 0 Å². The molecular weight excluding hydrogens is 236 g/mol. The van der Waals surface area contributed by atoms with Crippen molar-refractivity contribution in [1.29, 1.82) is 0 Å². The van der Waals surface area contributed by atoms with Crippen LogP contribution in [0.1, 0.15) is 50.4 Å². The van der Waals surface area contributed by atoms with Gasteiger partial charge in [-0.15, -0.1) is 0 Å². The molecule has 0 aromatic carbocycles. The molecule has 1 aliphatic rings. The van der Waals surface area contributed by atoms with Gasteiger partial charge in [0, 0.05) is 32.1 Å². The van der Waals surface area contributed by atoms with Crippen molar-refractivity contribution in [3.05, 3.63) is 11.4 Å². The van der Waals surface area contributed by atoms with E-state index in [0.717, 1.165) is 35.5 Å². The van der Waals surface area contributed by atoms with Crippen molar-refractivity contribution in [3.8, 4) is 0 Å². The molecule has 19 heavy (non-hydrogen) atoms. The predicted molar refractivity (Wildman–Crippen MR) is 81.0 cm³/mol. The van der Waals surface area contributed by atoms with E-state index in [0.29, 0.717) is 5.92 Å². The van der Waals surface area contributed by atoms with Gasteiger partial charge in [0.15, 0.2) is 0 Å². The zero-order chi connectivity index (χ0) is 14.0. The number of anilines is 2. The highest BCUT2D eigenvalue weighted by atomic mass is 15.2. The standard InChI is InChI=1S/C15H26N4/c1-10(2)8-9-19(5)15-11(3)13(16-4)17-14(18-15)12-6-7-12/h10,12H,6-9H2,1-5H3,(H,16,17,18). The van der Waals surface area contributed by atoms with E-state index < -0.39 is 0 Å². The molecule has 1 aromatic heterocycles. The molecule has 4 heteroatoms. The van der Waals surface area contributed by atoms with E-state index in [9.17, 15) is 0 Å². The van der Waals surface area contributed by atoms with Crippen molar-refractivity contribution in [2.75, 3.05) is 30.9 Å². The van der Waals surface area contributed by atoms with Crippen LogP contribution in [0.4, 0.5) is 11.6 Å². The van der Waals surface area contributed by atoms with Crippen LogP contribution in [0, 0.1) is 12.8 Å². The van der Waals surface area contributed by atoms with Crippen molar-refractivity contribution >= 4 is 11.6 Å². The van der Waals surface area contributed by atoms with E-state index in [1.165, 1.54) is 19.3 Å². The maximum Gasteiger partial charge on any atom is 0.137 e. The van der Waals surface area contributed by atoms with Gasteiger partial charge < -0.3 is 10.2 Å². The summed E-state index contributed by atoms with van der Waals surface area (Å²) in [6, 6.07) is 0. The van der Waals surface area contributed by atoms with E-state index in [1.54, 1.807) is 0 Å². The first-order chi connectivity index (χ1) is 9.02. The molecule has 1 N–H and O–H groups in total. The second-order valence-electron chi connectivity index (χ2n) is 6.01. The normalized spacial score (nSPS) is 14.8. The highest BCUT2D eigenvalue weighted by molar-refractivity contribution is 5.58. The number of nitrogens with zero attached hydrogens (tertiary/aromatic N) is 3. The van der Waals surface area contributed by atoms with Crippen LogP contribution in [-0.2, 0) is 0 Å². The lowest BCUT2D eigenvalue weighted by atomic mass is 10.1. The first-order valence-electron chi connectivity index (χ1n) is 7.30. The second kappa shape index (κ2) is 5.76. The summed E-state index contributed by atoms with van der Waals surface area (Å²) in [5, 5.41) is 3.20. The molecule has 0 radical (unpaired) electrons. The zero-order valence-electron chi connectivity index (χ0n) is 12.8. The summed E-state index contributed by atoms with van der Waals surface area (Å²) in [5.74, 6) is 4.38. The quantitative estimate of drug-likeness (QED) is 0.855. The minimum atomic E-state index is 0.588. The lowest BCUT2D eigenvalue weighted by Crippen LogP contribution is -2.23. The van der Waals surface area contributed by atoms with Crippen LogP contribution in [0.2, 0.25) is 0 Å². The third kappa shape index (κ3) is 3.37. The fourth-order valence-electron chi connectivity index (χ4n) is 2.22. The molecule has 1 heterocycles. The molecule has 0 bridgehead atoms. The zero-order valence-corrected chi connectivity index (χ0v) is 12.8. The van der Waals surface area contributed by atoms with Gasteiger partial charge >= 0.3 is 0 Å². The average molecular weight is 262 g/mol. The molecular formula is C15H26N4. The molecule has 0 amide bonds. The topological polar surface area (TPSA) is 41.1 Å². The summed E-state index contributed by atoms with van der Waals surface area (Å²) in [6.07, 6.45) is 3.66. The van der Waals surface area contributed by atoms with Gasteiger partial charge in [-0.1, -0.05) is 13.8 Å². The summed E-state index contributed by atoms with van der Waals surface area (Å²) in [6.45, 7) is 7.66. The number of hydrogen-bond acceptors (Lipinski definition) is 4. The summed E-state index contributed by atoms with van der Waals surface area (Å²) >= 11 is 0. The van der Waals surface area contributed by atoms with Gasteiger partial charge in [-0.05, 0) is 32.1 Å². The third-order valence-corrected chi connectivity index (χ3v) is 3.72. The van der Waals surface area contributed by atoms with Crippen molar-refractivity contribution in [2.24, 2.45) is 5.92 Å². The Balaban J connectivity index is 2.24. The minimum Gasteiger partial charge on any atom is -0.373 e. The van der Waals surface area contributed by atoms with E-state index in [2.05, 4.69) is 43.0 Å². The van der Waals surface area contributed by atoms with E-state index in [4.69, 9.17) is 4.98 Å². The minimum absolute atomic E-state index is 0.588. The van der Waals surface area contributed by atoms with E-state index in [-0.39, 0.29) is 0 Å². The monoisotopic (exact) mass is 262 g/mol. The van der Waals surface area contributed by atoms with Crippen LogP contribution in [-0.4, -0.2) is 30.6 Å². The molecule has 106 valence electrons. The SMILES string of the molecule is CNc1nc(C2CC2)nc(N(C)CCC(C)C)c1C. The summed E-state index contributed by atoms with van der Waals surface area (Å²) < 4.78 is 0. The Hall–Kier alpha value is -1.32. The molecule has 4 nitrogen and oxygen atoms in total. The van der Waals surface area contributed by atoms with Gasteiger partial charge in [0.1, 0.15) is 17.5 Å². The predicted octanol–water partition coefficient (Wildman–Crippen LogP) is 3.19. The van der Waals surface area contributed by atoms with Crippen LogP contribution in [0.5, 0.6) is 0 Å². The molecule has 1 aliphatic carbocycles. The Kier molecular flexibility index (Phi) is 4.27. The number of rotatable bonds is 6. The highest BCUT2D eigenvalue weighted by Crippen LogP contribution is 2.39. The Morgan fingerprint density at radius 3 is 2.53 bits per heavy atom. The van der Waals surface area contributed by atoms with Gasteiger partial charge in [0.2, 0.25) is 0 Å². The Morgan fingerprint density at radius 1 is 1.32 bits per heavy atom. The van der Waals surface area contributed by atoms with E-state index >= 15 is 0 Å². The lowest BCUT2D eigenvalue weighted by molar-refractivity contribution is 0.582. The van der Waals surface area contributed by atoms with Crippen molar-refractivity contribution in [3.63, 3.8) is 0 Å². The molecule has 1 saturated carbocycles. The van der Waals surface area contributed by atoms with Crippen LogP contribution in [0.25, 0.3) is 0 Å². The molecule has 0 saturated heterocycles. The lowest BCUT2D eigenvalue weighted by Gasteiger charge is -2.23. The number of hydrogen-bond donors (Lipinski definition) is 1. The first kappa shape index (κ1) is 14.1. The summed E-state index contributed by atoms with van der Waals surface area (Å²) in [7, 11) is 4.07. The Bertz CT molecular complexity index is 438. The Labute approximate surface area is 116 Å². The maximum atomic E-state index is 4.80. The van der Waals surface area contributed by atoms with Crippen molar-refractivity contribution < 1.29 is 0 Å². The summed E-state index contributed by atoms with van der Waals surface area (Å²) in [5.41, 5.74) is 1.15. The molecule has 0 unspecified atom stereocenters.